The summed E-state index contributed by atoms with van der Waals surface area (Å²) < 4.78 is 0.903. The molecule has 16 nitrogen and oxygen atoms in total. The number of pyridine rings is 1. The van der Waals surface area contributed by atoms with E-state index in [2.05, 4.69) is 21.3 Å². The molecule has 1 aromatic heterocycles. The average Bonchev–Trinajstić information content (AvgIpc) is 3.03. The first-order valence-corrected chi connectivity index (χ1v) is 15.4. The molecule has 0 radical (unpaired) electrons. The lowest BCUT2D eigenvalue weighted by atomic mass is 10.0. The standard InChI is InChI=1S/C32H41N7O9/c1-34-15-12-21(33)28(43)37-22(29(44)35-16-13-23(32(47)48)36-25(40)8-5-9-26(41)42)14-17-39-30(45)19-7-4-6-18-24(38(2)3)11-10-20(27(18)19)31(39)46/h4,6-7,10-11,17,21-23,34H,5,8-9,12-16,33H2,1-3H3,(H4-,35,36,37,40,41,42,43,44,47,48)/p+1/t21-,22+,23+/m0/s1. The maximum absolute atomic E-state index is 13.6. The molecular weight excluding hydrogens is 626 g/mol. The Hall–Kier alpha value is -5.22. The largest absolute Gasteiger partial charge is 0.481 e. The highest BCUT2D eigenvalue weighted by Crippen LogP contribution is 2.29. The van der Waals surface area contributed by atoms with E-state index in [1.165, 1.54) is 6.21 Å². The van der Waals surface area contributed by atoms with Crippen LogP contribution < -0.4 is 47.3 Å². The van der Waals surface area contributed by atoms with Gasteiger partial charge in [0.1, 0.15) is 17.5 Å². The summed E-state index contributed by atoms with van der Waals surface area (Å²) >= 11 is 0. The van der Waals surface area contributed by atoms with Crippen LogP contribution in [0.3, 0.4) is 0 Å². The molecule has 3 rings (SSSR count). The minimum Gasteiger partial charge on any atom is -0.481 e. The Kier molecular flexibility index (Phi) is 13.3. The number of carboxylic acids is 2. The zero-order valence-electron chi connectivity index (χ0n) is 27.1. The van der Waals surface area contributed by atoms with Crippen LogP contribution in [0.15, 0.2) is 39.9 Å². The molecule has 3 aromatic rings. The highest BCUT2D eigenvalue weighted by molar-refractivity contribution is 6.13. The number of nitrogens with two attached hydrogens (primary N) is 1. The Morgan fingerprint density at radius 2 is 1.54 bits per heavy atom. The number of carbonyl (C=O) groups is 5. The van der Waals surface area contributed by atoms with Crippen LogP contribution in [0.5, 0.6) is 0 Å². The van der Waals surface area contributed by atoms with Gasteiger partial charge in [-0.15, -0.1) is 0 Å². The van der Waals surface area contributed by atoms with Gasteiger partial charge in [-0.05, 0) is 51.1 Å². The molecule has 0 aliphatic carbocycles. The minimum absolute atomic E-state index is 0.0262. The van der Waals surface area contributed by atoms with Crippen LogP contribution in [0.2, 0.25) is 0 Å². The smallest absolute Gasteiger partial charge is 0.428 e. The molecule has 8 N–H and O–H groups in total. The van der Waals surface area contributed by atoms with Crippen molar-refractivity contribution in [1.82, 2.24) is 21.3 Å². The first-order valence-electron chi connectivity index (χ1n) is 15.4. The first kappa shape index (κ1) is 37.2. The summed E-state index contributed by atoms with van der Waals surface area (Å²) in [5, 5.41) is 30.4. The SMILES string of the molecule is CNCC[C@H](N)C(=O)N[C@H](CC=[n+]1c(=O)c2cccc3c(N(C)C)ccc(c1=O)c32)C(=O)NCC[C@@H](NC(=O)CCCC(=O)O)C(=O)O. The highest BCUT2D eigenvalue weighted by atomic mass is 16.4. The maximum Gasteiger partial charge on any atom is 0.428 e. The molecule has 258 valence electrons. The second kappa shape index (κ2) is 17.1. The average molecular weight is 669 g/mol. The zero-order chi connectivity index (χ0) is 35.5. The van der Waals surface area contributed by atoms with Crippen LogP contribution in [0, 0.1) is 6.21 Å². The van der Waals surface area contributed by atoms with Crippen LogP contribution in [0.1, 0.15) is 38.5 Å². The number of anilines is 1. The molecule has 2 aromatic carbocycles. The van der Waals surface area contributed by atoms with E-state index < -0.39 is 58.9 Å². The van der Waals surface area contributed by atoms with Gasteiger partial charge in [0, 0.05) is 49.9 Å². The lowest BCUT2D eigenvalue weighted by molar-refractivity contribution is -0.540. The summed E-state index contributed by atoms with van der Waals surface area (Å²) in [5.74, 6) is -4.50. The molecule has 0 unspecified atom stereocenters. The number of nitrogens with one attached hydrogen (secondary N) is 4. The second-order valence-electron chi connectivity index (χ2n) is 11.5. The third-order valence-corrected chi connectivity index (χ3v) is 7.76. The first-order chi connectivity index (χ1) is 22.8. The molecule has 0 spiro atoms. The van der Waals surface area contributed by atoms with E-state index in [0.29, 0.717) is 22.7 Å². The van der Waals surface area contributed by atoms with Gasteiger partial charge in [-0.25, -0.2) is 14.4 Å². The molecule has 16 heteroatoms. The third-order valence-electron chi connectivity index (χ3n) is 7.76. The number of carbonyl (C=O) groups excluding carboxylic acids is 3. The van der Waals surface area contributed by atoms with Crippen molar-refractivity contribution in [1.29, 1.82) is 0 Å². The molecule has 3 atom stereocenters. The zero-order valence-corrected chi connectivity index (χ0v) is 27.1. The Bertz CT molecular complexity index is 1800. The van der Waals surface area contributed by atoms with Crippen molar-refractivity contribution in [2.24, 2.45) is 5.73 Å². The molecular formula is C32H42N7O9+. The molecule has 0 aliphatic heterocycles. The lowest BCUT2D eigenvalue weighted by Crippen LogP contribution is -2.54. The van der Waals surface area contributed by atoms with E-state index in [1.807, 2.05) is 25.1 Å². The highest BCUT2D eigenvalue weighted by Gasteiger charge is 2.27. The van der Waals surface area contributed by atoms with Gasteiger partial charge in [-0.2, -0.15) is 0 Å². The quantitative estimate of drug-likeness (QED) is 0.0756. The number of aromatic nitrogens is 1. The Balaban J connectivity index is 1.87. The molecule has 48 heavy (non-hydrogen) atoms. The van der Waals surface area contributed by atoms with Gasteiger partial charge in [0.15, 0.2) is 6.21 Å². The van der Waals surface area contributed by atoms with Gasteiger partial charge in [0.2, 0.25) is 17.7 Å². The van der Waals surface area contributed by atoms with E-state index in [9.17, 15) is 38.7 Å². The molecule has 0 saturated carbocycles. The summed E-state index contributed by atoms with van der Waals surface area (Å²) in [6.07, 6.45) is 0.549. The predicted octanol–water partition coefficient (Wildman–Crippen LogP) is -1.62. The third kappa shape index (κ3) is 9.42. The summed E-state index contributed by atoms with van der Waals surface area (Å²) in [7, 11) is 5.39. The van der Waals surface area contributed by atoms with Crippen molar-refractivity contribution in [3.8, 4) is 0 Å². The van der Waals surface area contributed by atoms with Crippen molar-refractivity contribution in [2.75, 3.05) is 39.1 Å². The molecule has 0 saturated heterocycles. The lowest BCUT2D eigenvalue weighted by Gasteiger charge is -2.20. The number of nitrogens with zero attached hydrogens (tertiary/aromatic N) is 2. The molecule has 0 fully saturated rings. The summed E-state index contributed by atoms with van der Waals surface area (Å²) in [5.41, 5.74) is 5.60. The van der Waals surface area contributed by atoms with Crippen LogP contribution in [-0.2, 0) is 24.0 Å². The van der Waals surface area contributed by atoms with Crippen LogP contribution in [-0.4, -0.2) is 92.2 Å². The number of carboxylic acid groups (broad SMARTS) is 2. The summed E-state index contributed by atoms with van der Waals surface area (Å²) in [6, 6.07) is 4.90. The molecule has 3 amide bonds. The number of hydrogen-bond donors (Lipinski definition) is 7. The van der Waals surface area contributed by atoms with Crippen molar-refractivity contribution >= 4 is 56.9 Å². The summed E-state index contributed by atoms with van der Waals surface area (Å²) in [6.45, 7) is 0.196. The van der Waals surface area contributed by atoms with Crippen LogP contribution >= 0.6 is 0 Å². The minimum atomic E-state index is -1.38. The van der Waals surface area contributed by atoms with Gasteiger partial charge in [-0.1, -0.05) is 16.4 Å². The second-order valence-corrected chi connectivity index (χ2v) is 11.5. The Labute approximate surface area is 275 Å². The fraction of sp³-hybridized carbons (Fsp3) is 0.438. The predicted molar refractivity (Wildman–Crippen MR) is 177 cm³/mol. The van der Waals surface area contributed by atoms with E-state index in [-0.39, 0.29) is 45.1 Å². The van der Waals surface area contributed by atoms with Crippen molar-refractivity contribution < 1.29 is 38.4 Å². The van der Waals surface area contributed by atoms with Crippen LogP contribution in [0.4, 0.5) is 5.69 Å². The molecule has 1 heterocycles. The number of rotatable bonds is 18. The van der Waals surface area contributed by atoms with Gasteiger partial charge in [0.05, 0.1) is 17.8 Å². The normalized spacial score (nSPS) is 13.5. The van der Waals surface area contributed by atoms with Crippen molar-refractivity contribution in [3.63, 3.8) is 0 Å². The van der Waals surface area contributed by atoms with Crippen molar-refractivity contribution in [2.45, 2.75) is 56.7 Å². The van der Waals surface area contributed by atoms with Gasteiger partial charge >= 0.3 is 23.1 Å². The number of amides is 3. The number of aliphatic carboxylic acids is 2. The van der Waals surface area contributed by atoms with Gasteiger partial charge in [-0.3, -0.25) is 19.2 Å². The van der Waals surface area contributed by atoms with Crippen LogP contribution in [0.25, 0.3) is 21.5 Å². The Morgan fingerprint density at radius 1 is 0.875 bits per heavy atom. The number of hydrogen-bond acceptors (Lipinski definition) is 10. The topological polar surface area (TPSA) is 243 Å². The Morgan fingerprint density at radius 3 is 2.17 bits per heavy atom. The monoisotopic (exact) mass is 668 g/mol. The number of benzene rings is 2. The van der Waals surface area contributed by atoms with Gasteiger partial charge in [0.25, 0.3) is 0 Å². The fourth-order valence-electron chi connectivity index (χ4n) is 5.19. The summed E-state index contributed by atoms with van der Waals surface area (Å²) in [4.78, 5) is 89.6. The van der Waals surface area contributed by atoms with Crippen molar-refractivity contribution in [3.05, 3.63) is 57.3 Å². The van der Waals surface area contributed by atoms with E-state index in [4.69, 9.17) is 10.8 Å². The van der Waals surface area contributed by atoms with E-state index in [1.54, 1.807) is 31.3 Å². The van der Waals surface area contributed by atoms with E-state index >= 15 is 0 Å². The maximum atomic E-state index is 13.6. The fourth-order valence-corrected chi connectivity index (χ4v) is 5.19. The molecule has 0 aliphatic rings. The van der Waals surface area contributed by atoms with Gasteiger partial charge < -0.3 is 42.1 Å². The molecule has 0 bridgehead atoms. The van der Waals surface area contributed by atoms with E-state index in [0.717, 1.165) is 15.3 Å².